The first kappa shape index (κ1) is 13.0. The first-order chi connectivity index (χ1) is 8.22. The highest BCUT2D eigenvalue weighted by molar-refractivity contribution is 9.10. The van der Waals surface area contributed by atoms with E-state index in [9.17, 15) is 4.39 Å². The molecule has 0 aliphatic carbocycles. The Morgan fingerprint density at radius 1 is 1.53 bits per heavy atom. The highest BCUT2D eigenvalue weighted by atomic mass is 79.9. The zero-order valence-corrected chi connectivity index (χ0v) is 11.5. The first-order valence-corrected chi connectivity index (χ1v) is 6.79. The van der Waals surface area contributed by atoms with Gasteiger partial charge in [-0.25, -0.2) is 4.39 Å². The van der Waals surface area contributed by atoms with E-state index < -0.39 is 0 Å². The predicted molar refractivity (Wildman–Crippen MR) is 69.4 cm³/mol. The van der Waals surface area contributed by atoms with E-state index in [0.717, 1.165) is 31.7 Å². The van der Waals surface area contributed by atoms with E-state index in [0.29, 0.717) is 10.4 Å². The van der Waals surface area contributed by atoms with Crippen molar-refractivity contribution in [2.45, 2.75) is 19.4 Å². The minimum Gasteiger partial charge on any atom is -0.373 e. The van der Waals surface area contributed by atoms with E-state index in [4.69, 9.17) is 4.74 Å². The standard InChI is InChI=1S/C13H17BrFNO/c1-2-16-8-10-5-6-17-13(10)9-3-4-11(14)12(15)7-9/h3-4,7,10,13,16H,2,5-6,8H2,1H3. The third-order valence-corrected chi connectivity index (χ3v) is 3.79. The van der Waals surface area contributed by atoms with Crippen LogP contribution in [0.1, 0.15) is 25.0 Å². The summed E-state index contributed by atoms with van der Waals surface area (Å²) in [6, 6.07) is 5.25. The molecule has 2 nitrogen and oxygen atoms in total. The second kappa shape index (κ2) is 5.94. The summed E-state index contributed by atoms with van der Waals surface area (Å²) in [7, 11) is 0. The van der Waals surface area contributed by atoms with Gasteiger partial charge in [-0.2, -0.15) is 0 Å². The van der Waals surface area contributed by atoms with Crippen molar-refractivity contribution in [3.8, 4) is 0 Å². The average molecular weight is 302 g/mol. The SMILES string of the molecule is CCNCC1CCOC1c1ccc(Br)c(F)c1. The molecule has 1 fully saturated rings. The lowest BCUT2D eigenvalue weighted by atomic mass is 9.95. The number of hydrogen-bond acceptors (Lipinski definition) is 2. The summed E-state index contributed by atoms with van der Waals surface area (Å²) < 4.78 is 19.7. The maximum absolute atomic E-state index is 13.5. The minimum atomic E-state index is -0.222. The van der Waals surface area contributed by atoms with Crippen LogP contribution in [0.3, 0.4) is 0 Å². The number of benzene rings is 1. The molecule has 1 aliphatic rings. The molecule has 2 rings (SSSR count). The van der Waals surface area contributed by atoms with Gasteiger partial charge in [0, 0.05) is 19.1 Å². The van der Waals surface area contributed by atoms with Gasteiger partial charge in [0.2, 0.25) is 0 Å². The van der Waals surface area contributed by atoms with Crippen LogP contribution in [0.25, 0.3) is 0 Å². The molecule has 4 heteroatoms. The van der Waals surface area contributed by atoms with Crippen LogP contribution in [-0.4, -0.2) is 19.7 Å². The minimum absolute atomic E-state index is 0.0247. The predicted octanol–water partition coefficient (Wildman–Crippen LogP) is 3.28. The molecule has 1 heterocycles. The molecule has 1 N–H and O–H groups in total. The molecular weight excluding hydrogens is 285 g/mol. The molecular formula is C13H17BrFNO. The third-order valence-electron chi connectivity index (χ3n) is 3.14. The highest BCUT2D eigenvalue weighted by Gasteiger charge is 2.29. The van der Waals surface area contributed by atoms with Gasteiger partial charge in [-0.15, -0.1) is 0 Å². The summed E-state index contributed by atoms with van der Waals surface area (Å²) in [5.74, 6) is 0.218. The molecule has 1 aromatic rings. The van der Waals surface area contributed by atoms with Gasteiger partial charge in [-0.05, 0) is 46.6 Å². The zero-order chi connectivity index (χ0) is 12.3. The van der Waals surface area contributed by atoms with Crippen LogP contribution >= 0.6 is 15.9 Å². The molecule has 0 aromatic heterocycles. The topological polar surface area (TPSA) is 21.3 Å². The normalized spacial score (nSPS) is 24.2. The van der Waals surface area contributed by atoms with Gasteiger partial charge in [0.05, 0.1) is 10.6 Å². The lowest BCUT2D eigenvalue weighted by molar-refractivity contribution is 0.0904. The highest BCUT2D eigenvalue weighted by Crippen LogP contribution is 2.35. The Morgan fingerprint density at radius 2 is 2.35 bits per heavy atom. The van der Waals surface area contributed by atoms with Gasteiger partial charge < -0.3 is 10.1 Å². The largest absolute Gasteiger partial charge is 0.373 e. The van der Waals surface area contributed by atoms with Crippen LogP contribution in [0.5, 0.6) is 0 Å². The smallest absolute Gasteiger partial charge is 0.137 e. The summed E-state index contributed by atoms with van der Waals surface area (Å²) in [4.78, 5) is 0. The van der Waals surface area contributed by atoms with Gasteiger partial charge in [0.1, 0.15) is 5.82 Å². The summed E-state index contributed by atoms with van der Waals surface area (Å²) in [5, 5.41) is 3.33. The van der Waals surface area contributed by atoms with Gasteiger partial charge >= 0.3 is 0 Å². The summed E-state index contributed by atoms with van der Waals surface area (Å²) in [6.45, 7) is 4.74. The molecule has 1 saturated heterocycles. The first-order valence-electron chi connectivity index (χ1n) is 5.99. The van der Waals surface area contributed by atoms with Crippen molar-refractivity contribution in [1.82, 2.24) is 5.32 Å². The van der Waals surface area contributed by atoms with Crippen molar-refractivity contribution in [1.29, 1.82) is 0 Å². The Bertz CT molecular complexity index is 386. The Labute approximate surface area is 110 Å². The molecule has 0 radical (unpaired) electrons. The van der Waals surface area contributed by atoms with Crippen LogP contribution in [0, 0.1) is 11.7 Å². The molecule has 94 valence electrons. The Morgan fingerprint density at radius 3 is 3.06 bits per heavy atom. The molecule has 1 aromatic carbocycles. The van der Waals surface area contributed by atoms with E-state index >= 15 is 0 Å². The van der Waals surface area contributed by atoms with Crippen molar-refractivity contribution in [3.05, 3.63) is 34.1 Å². The zero-order valence-electron chi connectivity index (χ0n) is 9.88. The second-order valence-electron chi connectivity index (χ2n) is 4.32. The number of rotatable bonds is 4. The Hall–Kier alpha value is -0.450. The van der Waals surface area contributed by atoms with E-state index in [2.05, 4.69) is 28.2 Å². The van der Waals surface area contributed by atoms with Gasteiger partial charge in [0.25, 0.3) is 0 Å². The van der Waals surface area contributed by atoms with Crippen LogP contribution in [0.2, 0.25) is 0 Å². The Balaban J connectivity index is 2.11. The average Bonchev–Trinajstić information content (AvgIpc) is 2.78. The third kappa shape index (κ3) is 3.06. The second-order valence-corrected chi connectivity index (χ2v) is 5.18. The fourth-order valence-electron chi connectivity index (χ4n) is 2.23. The fourth-order valence-corrected chi connectivity index (χ4v) is 2.48. The summed E-state index contributed by atoms with van der Waals surface area (Å²) in [6.07, 6.45) is 1.06. The molecule has 0 amide bonds. The lowest BCUT2D eigenvalue weighted by Crippen LogP contribution is -2.24. The number of hydrogen-bond donors (Lipinski definition) is 1. The van der Waals surface area contributed by atoms with Crippen molar-refractivity contribution >= 4 is 15.9 Å². The maximum atomic E-state index is 13.5. The van der Waals surface area contributed by atoms with Crippen LogP contribution in [-0.2, 0) is 4.74 Å². The quantitative estimate of drug-likeness (QED) is 0.921. The van der Waals surface area contributed by atoms with Crippen molar-refractivity contribution in [2.75, 3.05) is 19.7 Å². The molecule has 17 heavy (non-hydrogen) atoms. The van der Waals surface area contributed by atoms with Gasteiger partial charge in [-0.1, -0.05) is 13.0 Å². The van der Waals surface area contributed by atoms with Crippen LogP contribution < -0.4 is 5.32 Å². The summed E-state index contributed by atoms with van der Waals surface area (Å²) >= 11 is 3.17. The molecule has 1 aliphatic heterocycles. The number of nitrogens with one attached hydrogen (secondary N) is 1. The van der Waals surface area contributed by atoms with E-state index in [1.54, 1.807) is 12.1 Å². The van der Waals surface area contributed by atoms with Crippen molar-refractivity contribution < 1.29 is 9.13 Å². The molecule has 0 saturated carbocycles. The molecule has 2 unspecified atom stereocenters. The monoisotopic (exact) mass is 301 g/mol. The molecule has 2 atom stereocenters. The fraction of sp³-hybridized carbons (Fsp3) is 0.538. The van der Waals surface area contributed by atoms with E-state index in [-0.39, 0.29) is 11.9 Å². The molecule has 0 bridgehead atoms. The van der Waals surface area contributed by atoms with Crippen LogP contribution in [0.4, 0.5) is 4.39 Å². The van der Waals surface area contributed by atoms with Crippen molar-refractivity contribution in [2.24, 2.45) is 5.92 Å². The van der Waals surface area contributed by atoms with Crippen molar-refractivity contribution in [3.63, 3.8) is 0 Å². The summed E-state index contributed by atoms with van der Waals surface area (Å²) in [5.41, 5.74) is 0.936. The number of ether oxygens (including phenoxy) is 1. The van der Waals surface area contributed by atoms with Gasteiger partial charge in [0.15, 0.2) is 0 Å². The lowest BCUT2D eigenvalue weighted by Gasteiger charge is -2.19. The Kier molecular flexibility index (Phi) is 4.54. The molecule has 0 spiro atoms. The number of halogens is 2. The van der Waals surface area contributed by atoms with E-state index in [1.165, 1.54) is 0 Å². The van der Waals surface area contributed by atoms with E-state index in [1.807, 2.05) is 6.07 Å². The maximum Gasteiger partial charge on any atom is 0.137 e. The van der Waals surface area contributed by atoms with Crippen LogP contribution in [0.15, 0.2) is 22.7 Å². The van der Waals surface area contributed by atoms with Gasteiger partial charge in [-0.3, -0.25) is 0 Å².